The molecule has 0 aliphatic carbocycles. The monoisotopic (exact) mass is 269 g/mol. The highest BCUT2D eigenvalue weighted by Crippen LogP contribution is 2.22. The van der Waals surface area contributed by atoms with Crippen molar-refractivity contribution in [1.29, 1.82) is 0 Å². The van der Waals surface area contributed by atoms with E-state index in [1.54, 1.807) is 0 Å². The van der Waals surface area contributed by atoms with Crippen LogP contribution in [-0.4, -0.2) is 21.0 Å². The van der Waals surface area contributed by atoms with E-state index in [0.717, 1.165) is 18.5 Å². The third-order valence-corrected chi connectivity index (χ3v) is 2.13. The quantitative estimate of drug-likeness (QED) is 0.836. The van der Waals surface area contributed by atoms with Gasteiger partial charge in [-0.15, -0.1) is 0 Å². The second-order valence-electron chi connectivity index (χ2n) is 3.47. The van der Waals surface area contributed by atoms with Crippen LogP contribution in [0.2, 0.25) is 0 Å². The number of carboxylic acids is 1. The Hall–Kier alpha value is -2.64. The van der Waals surface area contributed by atoms with Crippen LogP contribution in [0.5, 0.6) is 0 Å². The number of aromatic carboxylic acids is 1. The molecule has 2 rings (SSSR count). The summed E-state index contributed by atoms with van der Waals surface area (Å²) in [6.07, 6.45) is 1.93. The SMILES string of the molecule is O=C(O)c1cnc(Nc2cc(F)cc(F)c2F)cn1. The Balaban J connectivity index is 2.28. The molecule has 0 saturated heterocycles. The molecule has 2 N–H and O–H groups in total. The summed E-state index contributed by atoms with van der Waals surface area (Å²) in [6, 6.07) is 1.14. The number of nitrogens with zero attached hydrogens (tertiary/aromatic N) is 2. The minimum atomic E-state index is -1.35. The Morgan fingerprint density at radius 2 is 1.89 bits per heavy atom. The molecule has 98 valence electrons. The van der Waals surface area contributed by atoms with Crippen LogP contribution >= 0.6 is 0 Å². The number of hydrogen-bond acceptors (Lipinski definition) is 4. The maximum atomic E-state index is 13.3. The maximum absolute atomic E-state index is 13.3. The Morgan fingerprint density at radius 3 is 2.47 bits per heavy atom. The van der Waals surface area contributed by atoms with Gasteiger partial charge in [0, 0.05) is 12.1 Å². The van der Waals surface area contributed by atoms with Crippen molar-refractivity contribution in [2.45, 2.75) is 0 Å². The number of carboxylic acid groups (broad SMARTS) is 1. The first kappa shape index (κ1) is 12.8. The molecule has 0 saturated carbocycles. The van der Waals surface area contributed by atoms with Gasteiger partial charge in [-0.05, 0) is 0 Å². The predicted octanol–water partition coefficient (Wildman–Crippen LogP) is 2.34. The van der Waals surface area contributed by atoms with Crippen LogP contribution in [0.15, 0.2) is 24.5 Å². The van der Waals surface area contributed by atoms with Gasteiger partial charge >= 0.3 is 5.97 Å². The molecular weight excluding hydrogens is 263 g/mol. The molecule has 0 aliphatic heterocycles. The number of hydrogen-bond donors (Lipinski definition) is 2. The second kappa shape index (κ2) is 4.92. The van der Waals surface area contributed by atoms with E-state index in [1.165, 1.54) is 0 Å². The third kappa shape index (κ3) is 2.79. The van der Waals surface area contributed by atoms with Gasteiger partial charge in [0.25, 0.3) is 0 Å². The molecule has 1 aromatic carbocycles. The van der Waals surface area contributed by atoms with Crippen LogP contribution < -0.4 is 5.32 Å². The van der Waals surface area contributed by atoms with Gasteiger partial charge in [-0.2, -0.15) is 0 Å². The first-order valence-electron chi connectivity index (χ1n) is 4.94. The zero-order valence-electron chi connectivity index (χ0n) is 9.19. The number of rotatable bonds is 3. The molecule has 0 aliphatic rings. The van der Waals surface area contributed by atoms with Crippen LogP contribution in [-0.2, 0) is 0 Å². The smallest absolute Gasteiger partial charge is 0.356 e. The van der Waals surface area contributed by atoms with Gasteiger partial charge in [-0.1, -0.05) is 0 Å². The highest BCUT2D eigenvalue weighted by molar-refractivity contribution is 5.85. The summed E-state index contributed by atoms with van der Waals surface area (Å²) in [6.45, 7) is 0. The largest absolute Gasteiger partial charge is 0.476 e. The first-order valence-corrected chi connectivity index (χ1v) is 4.94. The van der Waals surface area contributed by atoms with Crippen LogP contribution in [0.4, 0.5) is 24.7 Å². The number of aromatic nitrogens is 2. The van der Waals surface area contributed by atoms with Gasteiger partial charge in [-0.25, -0.2) is 27.9 Å². The molecule has 0 atom stereocenters. The number of nitrogens with one attached hydrogen (secondary N) is 1. The highest BCUT2D eigenvalue weighted by atomic mass is 19.2. The zero-order valence-corrected chi connectivity index (χ0v) is 9.19. The molecule has 19 heavy (non-hydrogen) atoms. The van der Waals surface area contributed by atoms with E-state index in [4.69, 9.17) is 5.11 Å². The zero-order chi connectivity index (χ0) is 14.0. The fraction of sp³-hybridized carbons (Fsp3) is 0. The van der Waals surface area contributed by atoms with Crippen molar-refractivity contribution in [3.05, 3.63) is 47.7 Å². The number of carbonyl (C=O) groups is 1. The lowest BCUT2D eigenvalue weighted by Crippen LogP contribution is -2.04. The molecule has 5 nitrogen and oxygen atoms in total. The van der Waals surface area contributed by atoms with Crippen molar-refractivity contribution in [2.24, 2.45) is 0 Å². The van der Waals surface area contributed by atoms with Crippen molar-refractivity contribution in [2.75, 3.05) is 5.32 Å². The standard InChI is InChI=1S/C11H6F3N3O2/c12-5-1-6(13)10(14)7(2-5)17-9-4-15-8(3-16-9)11(18)19/h1-4H,(H,16,17)(H,18,19). The molecule has 0 amide bonds. The molecule has 1 aromatic heterocycles. The van der Waals surface area contributed by atoms with Crippen molar-refractivity contribution >= 4 is 17.5 Å². The van der Waals surface area contributed by atoms with E-state index in [0.29, 0.717) is 6.07 Å². The third-order valence-electron chi connectivity index (χ3n) is 2.13. The van der Waals surface area contributed by atoms with Gasteiger partial charge in [0.2, 0.25) is 0 Å². The van der Waals surface area contributed by atoms with Gasteiger partial charge in [0.05, 0.1) is 18.1 Å². The second-order valence-corrected chi connectivity index (χ2v) is 3.47. The van der Waals surface area contributed by atoms with Gasteiger partial charge in [0.15, 0.2) is 17.3 Å². The van der Waals surface area contributed by atoms with E-state index >= 15 is 0 Å². The lowest BCUT2D eigenvalue weighted by molar-refractivity contribution is 0.0690. The molecule has 0 spiro atoms. The first-order chi connectivity index (χ1) is 8.97. The molecule has 0 radical (unpaired) electrons. The van der Waals surface area contributed by atoms with E-state index in [-0.39, 0.29) is 11.5 Å². The van der Waals surface area contributed by atoms with Gasteiger partial charge in [-0.3, -0.25) is 0 Å². The highest BCUT2D eigenvalue weighted by Gasteiger charge is 2.12. The molecule has 2 aromatic rings. The van der Waals surface area contributed by atoms with E-state index < -0.39 is 29.1 Å². The Kier molecular flexibility index (Phi) is 3.32. The minimum absolute atomic E-state index is 0.0473. The molecule has 0 unspecified atom stereocenters. The van der Waals surface area contributed by atoms with Crippen molar-refractivity contribution in [3.63, 3.8) is 0 Å². The van der Waals surface area contributed by atoms with Crippen molar-refractivity contribution < 1.29 is 23.1 Å². The Morgan fingerprint density at radius 1 is 1.16 bits per heavy atom. The topological polar surface area (TPSA) is 75.1 Å². The van der Waals surface area contributed by atoms with Crippen molar-refractivity contribution in [3.8, 4) is 0 Å². The van der Waals surface area contributed by atoms with E-state index in [2.05, 4.69) is 15.3 Å². The van der Waals surface area contributed by atoms with Crippen LogP contribution in [0, 0.1) is 17.5 Å². The molecule has 8 heteroatoms. The summed E-state index contributed by atoms with van der Waals surface area (Å²) in [5.41, 5.74) is -0.772. The predicted molar refractivity (Wildman–Crippen MR) is 58.6 cm³/mol. The average molecular weight is 269 g/mol. The van der Waals surface area contributed by atoms with E-state index in [1.807, 2.05) is 0 Å². The molecular formula is C11H6F3N3O2. The molecule has 0 bridgehead atoms. The fourth-order valence-electron chi connectivity index (χ4n) is 1.29. The van der Waals surface area contributed by atoms with Crippen molar-refractivity contribution in [1.82, 2.24) is 9.97 Å². The number of benzene rings is 1. The fourth-order valence-corrected chi connectivity index (χ4v) is 1.29. The summed E-state index contributed by atoms with van der Waals surface area (Å²) in [5.74, 6) is -4.91. The maximum Gasteiger partial charge on any atom is 0.356 e. The lowest BCUT2D eigenvalue weighted by Gasteiger charge is -2.07. The average Bonchev–Trinajstić information content (AvgIpc) is 2.36. The van der Waals surface area contributed by atoms with Gasteiger partial charge < -0.3 is 10.4 Å². The summed E-state index contributed by atoms with van der Waals surface area (Å²) < 4.78 is 39.2. The van der Waals surface area contributed by atoms with E-state index in [9.17, 15) is 18.0 Å². The number of anilines is 2. The van der Waals surface area contributed by atoms with Crippen LogP contribution in [0.3, 0.4) is 0 Å². The Bertz CT molecular complexity index is 632. The summed E-state index contributed by atoms with van der Waals surface area (Å²) in [7, 11) is 0. The Labute approximate surface area is 104 Å². The normalized spacial score (nSPS) is 10.3. The van der Waals surface area contributed by atoms with Gasteiger partial charge in [0.1, 0.15) is 11.6 Å². The number of halogens is 3. The lowest BCUT2D eigenvalue weighted by atomic mass is 10.3. The molecule has 0 fully saturated rings. The molecule has 1 heterocycles. The summed E-state index contributed by atoms with van der Waals surface area (Å²) in [4.78, 5) is 17.7. The van der Waals surface area contributed by atoms with Crippen LogP contribution in [0.25, 0.3) is 0 Å². The van der Waals surface area contributed by atoms with Crippen LogP contribution in [0.1, 0.15) is 10.5 Å². The minimum Gasteiger partial charge on any atom is -0.476 e. The summed E-state index contributed by atoms with van der Waals surface area (Å²) in [5, 5.41) is 10.9. The summed E-state index contributed by atoms with van der Waals surface area (Å²) >= 11 is 0.